The van der Waals surface area contributed by atoms with Gasteiger partial charge in [-0.25, -0.2) is 0 Å². The highest BCUT2D eigenvalue weighted by Crippen LogP contribution is 2.39. The average Bonchev–Trinajstić information content (AvgIpc) is 2.41. The second-order valence-electron chi connectivity index (χ2n) is 5.88. The SMILES string of the molecule is Cc1cc(C(=O)NCC2(C)CCC2)ccc1C#CCN. The maximum Gasteiger partial charge on any atom is 0.251 e. The zero-order valence-electron chi connectivity index (χ0n) is 12.3. The van der Waals surface area contributed by atoms with Gasteiger partial charge in [0.2, 0.25) is 0 Å². The van der Waals surface area contributed by atoms with Crippen LogP contribution in [0.3, 0.4) is 0 Å². The largest absolute Gasteiger partial charge is 0.351 e. The van der Waals surface area contributed by atoms with E-state index in [1.165, 1.54) is 19.3 Å². The van der Waals surface area contributed by atoms with Crippen LogP contribution in [0, 0.1) is 24.2 Å². The molecule has 0 aliphatic heterocycles. The molecule has 3 nitrogen and oxygen atoms in total. The lowest BCUT2D eigenvalue weighted by atomic mass is 9.70. The Balaban J connectivity index is 2.01. The lowest BCUT2D eigenvalue weighted by Gasteiger charge is -2.38. The second kappa shape index (κ2) is 6.11. The molecular weight excluding hydrogens is 248 g/mol. The van der Waals surface area contributed by atoms with E-state index in [2.05, 4.69) is 24.1 Å². The van der Waals surface area contributed by atoms with Crippen molar-refractivity contribution in [1.82, 2.24) is 5.32 Å². The average molecular weight is 270 g/mol. The summed E-state index contributed by atoms with van der Waals surface area (Å²) in [5.74, 6) is 5.84. The lowest BCUT2D eigenvalue weighted by molar-refractivity contribution is 0.0890. The van der Waals surface area contributed by atoms with Crippen molar-refractivity contribution in [3.8, 4) is 11.8 Å². The van der Waals surface area contributed by atoms with E-state index in [4.69, 9.17) is 5.73 Å². The quantitative estimate of drug-likeness (QED) is 0.828. The van der Waals surface area contributed by atoms with Gasteiger partial charge in [-0.2, -0.15) is 0 Å². The molecular formula is C17H22N2O. The van der Waals surface area contributed by atoms with Gasteiger partial charge in [0, 0.05) is 17.7 Å². The van der Waals surface area contributed by atoms with Crippen LogP contribution in [-0.2, 0) is 0 Å². The molecule has 0 unspecified atom stereocenters. The van der Waals surface area contributed by atoms with Crippen molar-refractivity contribution in [2.75, 3.05) is 13.1 Å². The number of rotatable bonds is 3. The number of nitrogens with two attached hydrogens (primary N) is 1. The Morgan fingerprint density at radius 2 is 2.20 bits per heavy atom. The molecule has 20 heavy (non-hydrogen) atoms. The molecule has 0 bridgehead atoms. The molecule has 2 rings (SSSR count). The van der Waals surface area contributed by atoms with Crippen molar-refractivity contribution in [3.63, 3.8) is 0 Å². The first-order valence-corrected chi connectivity index (χ1v) is 7.12. The Kier molecular flexibility index (Phi) is 4.46. The Morgan fingerprint density at radius 3 is 2.75 bits per heavy atom. The van der Waals surface area contributed by atoms with Gasteiger partial charge in [-0.05, 0) is 48.9 Å². The molecule has 1 aliphatic rings. The molecule has 0 spiro atoms. The molecule has 1 saturated carbocycles. The summed E-state index contributed by atoms with van der Waals surface area (Å²) >= 11 is 0. The Labute approximate surface area is 120 Å². The van der Waals surface area contributed by atoms with E-state index >= 15 is 0 Å². The van der Waals surface area contributed by atoms with Gasteiger partial charge >= 0.3 is 0 Å². The van der Waals surface area contributed by atoms with Gasteiger partial charge in [-0.1, -0.05) is 25.2 Å². The van der Waals surface area contributed by atoms with E-state index in [-0.39, 0.29) is 5.91 Å². The minimum atomic E-state index is -0.000408. The van der Waals surface area contributed by atoms with Crippen molar-refractivity contribution in [1.29, 1.82) is 0 Å². The fourth-order valence-electron chi connectivity index (χ4n) is 2.44. The molecule has 1 aliphatic carbocycles. The molecule has 1 aromatic carbocycles. The highest BCUT2D eigenvalue weighted by Gasteiger charge is 2.31. The highest BCUT2D eigenvalue weighted by atomic mass is 16.1. The monoisotopic (exact) mass is 270 g/mol. The third kappa shape index (κ3) is 3.40. The normalized spacial score (nSPS) is 15.8. The third-order valence-corrected chi connectivity index (χ3v) is 4.05. The van der Waals surface area contributed by atoms with E-state index in [0.717, 1.165) is 17.7 Å². The topological polar surface area (TPSA) is 55.1 Å². The van der Waals surface area contributed by atoms with Gasteiger partial charge in [0.25, 0.3) is 5.91 Å². The predicted octanol–water partition coefficient (Wildman–Crippen LogP) is 2.23. The minimum Gasteiger partial charge on any atom is -0.351 e. The smallest absolute Gasteiger partial charge is 0.251 e. The maximum atomic E-state index is 12.1. The zero-order valence-corrected chi connectivity index (χ0v) is 12.3. The van der Waals surface area contributed by atoms with Crippen LogP contribution in [0.1, 0.15) is 47.7 Å². The summed E-state index contributed by atoms with van der Waals surface area (Å²) in [7, 11) is 0. The van der Waals surface area contributed by atoms with Crippen LogP contribution in [0.5, 0.6) is 0 Å². The number of nitrogens with one attached hydrogen (secondary N) is 1. The van der Waals surface area contributed by atoms with E-state index in [0.29, 0.717) is 17.5 Å². The van der Waals surface area contributed by atoms with Gasteiger partial charge < -0.3 is 11.1 Å². The summed E-state index contributed by atoms with van der Waals surface area (Å²) < 4.78 is 0. The van der Waals surface area contributed by atoms with Gasteiger partial charge in [0.1, 0.15) is 0 Å². The van der Waals surface area contributed by atoms with Crippen LogP contribution < -0.4 is 11.1 Å². The summed E-state index contributed by atoms with van der Waals surface area (Å²) in [6, 6.07) is 5.60. The highest BCUT2D eigenvalue weighted by molar-refractivity contribution is 5.94. The van der Waals surface area contributed by atoms with Crippen molar-refractivity contribution in [2.24, 2.45) is 11.1 Å². The first-order chi connectivity index (χ1) is 9.54. The zero-order chi connectivity index (χ0) is 14.6. The summed E-state index contributed by atoms with van der Waals surface area (Å²) in [5.41, 5.74) is 8.30. The van der Waals surface area contributed by atoms with Crippen LogP contribution in [0.4, 0.5) is 0 Å². The number of hydrogen-bond donors (Lipinski definition) is 2. The van der Waals surface area contributed by atoms with Crippen LogP contribution in [0.2, 0.25) is 0 Å². The Bertz CT molecular complexity index is 562. The molecule has 1 amide bonds. The van der Waals surface area contributed by atoms with Crippen molar-refractivity contribution in [3.05, 3.63) is 34.9 Å². The van der Waals surface area contributed by atoms with Crippen LogP contribution in [-0.4, -0.2) is 19.0 Å². The third-order valence-electron chi connectivity index (χ3n) is 4.05. The van der Waals surface area contributed by atoms with Crippen molar-refractivity contribution >= 4 is 5.91 Å². The van der Waals surface area contributed by atoms with Gasteiger partial charge in [-0.3, -0.25) is 4.79 Å². The standard InChI is InChI=1S/C17H22N2O/c1-13-11-15(7-6-14(13)5-3-10-18)16(20)19-12-17(2)8-4-9-17/h6-7,11H,4,8-10,12,18H2,1-2H3,(H,19,20). The summed E-state index contributed by atoms with van der Waals surface area (Å²) in [6.07, 6.45) is 3.69. The molecule has 0 atom stereocenters. The minimum absolute atomic E-state index is 0.000408. The van der Waals surface area contributed by atoms with E-state index in [1.54, 1.807) is 0 Å². The summed E-state index contributed by atoms with van der Waals surface area (Å²) in [6.45, 7) is 5.30. The first-order valence-electron chi connectivity index (χ1n) is 7.12. The maximum absolute atomic E-state index is 12.1. The van der Waals surface area contributed by atoms with Gasteiger partial charge in [0.05, 0.1) is 6.54 Å². The summed E-state index contributed by atoms with van der Waals surface area (Å²) in [4.78, 5) is 12.1. The fourth-order valence-corrected chi connectivity index (χ4v) is 2.44. The fraction of sp³-hybridized carbons (Fsp3) is 0.471. The van der Waals surface area contributed by atoms with E-state index in [1.807, 2.05) is 25.1 Å². The van der Waals surface area contributed by atoms with Crippen LogP contribution in [0.15, 0.2) is 18.2 Å². The molecule has 0 saturated heterocycles. The molecule has 1 aromatic rings. The number of benzene rings is 1. The second-order valence-corrected chi connectivity index (χ2v) is 5.88. The number of carbonyl (C=O) groups excluding carboxylic acids is 1. The van der Waals surface area contributed by atoms with Crippen molar-refractivity contribution in [2.45, 2.75) is 33.1 Å². The van der Waals surface area contributed by atoms with Gasteiger partial charge in [0.15, 0.2) is 0 Å². The number of hydrogen-bond acceptors (Lipinski definition) is 2. The summed E-state index contributed by atoms with van der Waals surface area (Å²) in [5, 5.41) is 3.04. The van der Waals surface area contributed by atoms with Crippen LogP contribution >= 0.6 is 0 Å². The lowest BCUT2D eigenvalue weighted by Crippen LogP contribution is -2.39. The predicted molar refractivity (Wildman–Crippen MR) is 81.4 cm³/mol. The van der Waals surface area contributed by atoms with E-state index in [9.17, 15) is 4.79 Å². The number of amides is 1. The molecule has 3 N–H and O–H groups in total. The molecule has 0 heterocycles. The molecule has 0 radical (unpaired) electrons. The first kappa shape index (κ1) is 14.6. The molecule has 106 valence electrons. The molecule has 1 fully saturated rings. The number of carbonyl (C=O) groups is 1. The molecule has 0 aromatic heterocycles. The van der Waals surface area contributed by atoms with Crippen LogP contribution in [0.25, 0.3) is 0 Å². The van der Waals surface area contributed by atoms with Gasteiger partial charge in [-0.15, -0.1) is 0 Å². The Hall–Kier alpha value is -1.79. The van der Waals surface area contributed by atoms with E-state index < -0.39 is 0 Å². The Morgan fingerprint density at radius 1 is 1.45 bits per heavy atom. The van der Waals surface area contributed by atoms with Crippen molar-refractivity contribution < 1.29 is 4.79 Å². The molecule has 3 heteroatoms. The number of aryl methyl sites for hydroxylation is 1.